The largest absolute Gasteiger partial charge is 0.268 e. The van der Waals surface area contributed by atoms with Crippen LogP contribution in [-0.4, -0.2) is 17.6 Å². The summed E-state index contributed by atoms with van der Waals surface area (Å²) in [6.07, 6.45) is 3.49. The molecule has 1 aromatic rings. The Hall–Kier alpha value is -0.725. The second kappa shape index (κ2) is 2.15. The fraction of sp³-hybridized carbons (Fsp3) is 0.571. The Labute approximate surface area is 62.7 Å². The van der Waals surface area contributed by atoms with Gasteiger partial charge in [0, 0.05) is 12.4 Å². The Bertz CT molecular complexity index is 222. The minimum Gasteiger partial charge on any atom is -0.268 e. The summed E-state index contributed by atoms with van der Waals surface area (Å²) in [6.45, 7) is 6.25. The summed E-state index contributed by atoms with van der Waals surface area (Å²) in [5, 5.41) is 4.08. The van der Waals surface area contributed by atoms with Crippen LogP contribution in [0.3, 0.4) is 0 Å². The highest BCUT2D eigenvalue weighted by atomic mass is 15.3. The first kappa shape index (κ1) is 7.38. The van der Waals surface area contributed by atoms with Crippen LogP contribution in [0.4, 0.5) is 0 Å². The van der Waals surface area contributed by atoms with E-state index in [-0.39, 0.29) is 5.54 Å². The molecule has 2 radical (unpaired) electrons. The molecule has 0 saturated heterocycles. The van der Waals surface area contributed by atoms with Gasteiger partial charge < -0.3 is 0 Å². The molecular weight excluding hydrogens is 123 g/mol. The fourth-order valence-electron chi connectivity index (χ4n) is 0.704. The highest BCUT2D eigenvalue weighted by molar-refractivity contribution is 6.31. The maximum absolute atomic E-state index is 5.49. The molecule has 0 bridgehead atoms. The maximum atomic E-state index is 5.49. The zero-order valence-corrected chi connectivity index (χ0v) is 6.63. The first-order valence-corrected chi connectivity index (χ1v) is 3.31. The van der Waals surface area contributed by atoms with Crippen molar-refractivity contribution in [3.8, 4) is 0 Å². The summed E-state index contributed by atoms with van der Waals surface area (Å²) in [5.74, 6) is 0. The summed E-state index contributed by atoms with van der Waals surface area (Å²) in [5.41, 5.74) is 0.757. The number of rotatable bonds is 0. The minimum absolute atomic E-state index is 0.0393. The first-order chi connectivity index (χ1) is 4.50. The van der Waals surface area contributed by atoms with E-state index in [1.54, 1.807) is 6.20 Å². The predicted molar refractivity (Wildman–Crippen MR) is 42.6 cm³/mol. The fourth-order valence-corrected chi connectivity index (χ4v) is 0.704. The number of hydrogen-bond acceptors (Lipinski definition) is 1. The number of hydrogen-bond donors (Lipinski definition) is 0. The minimum atomic E-state index is 0.0393. The normalized spacial score (nSPS) is 11.9. The van der Waals surface area contributed by atoms with E-state index in [9.17, 15) is 0 Å². The van der Waals surface area contributed by atoms with E-state index in [1.165, 1.54) is 0 Å². The van der Waals surface area contributed by atoms with Gasteiger partial charge >= 0.3 is 0 Å². The maximum Gasteiger partial charge on any atom is 0.118 e. The number of aromatic nitrogens is 2. The molecule has 0 aromatic carbocycles. The van der Waals surface area contributed by atoms with E-state index in [0.717, 1.165) is 5.46 Å². The van der Waals surface area contributed by atoms with Crippen molar-refractivity contribution in [2.24, 2.45) is 0 Å². The van der Waals surface area contributed by atoms with Crippen molar-refractivity contribution in [3.63, 3.8) is 0 Å². The van der Waals surface area contributed by atoms with Crippen LogP contribution >= 0.6 is 0 Å². The smallest absolute Gasteiger partial charge is 0.118 e. The Balaban J connectivity index is 2.96. The molecule has 1 heterocycles. The van der Waals surface area contributed by atoms with Crippen LogP contribution in [0.5, 0.6) is 0 Å². The van der Waals surface area contributed by atoms with Gasteiger partial charge in [-0.2, -0.15) is 5.10 Å². The van der Waals surface area contributed by atoms with Crippen LogP contribution in [0.15, 0.2) is 12.4 Å². The van der Waals surface area contributed by atoms with Crippen molar-refractivity contribution in [2.45, 2.75) is 26.3 Å². The van der Waals surface area contributed by atoms with Crippen molar-refractivity contribution in [1.29, 1.82) is 0 Å². The zero-order valence-electron chi connectivity index (χ0n) is 6.63. The highest BCUT2D eigenvalue weighted by Crippen LogP contribution is 2.09. The summed E-state index contributed by atoms with van der Waals surface area (Å²) < 4.78 is 1.85. The molecule has 10 heavy (non-hydrogen) atoms. The average molecular weight is 134 g/mol. The first-order valence-electron chi connectivity index (χ1n) is 3.31. The van der Waals surface area contributed by atoms with Gasteiger partial charge in [-0.05, 0) is 20.8 Å². The molecule has 52 valence electrons. The van der Waals surface area contributed by atoms with E-state index in [2.05, 4.69) is 25.9 Å². The molecule has 0 aliphatic heterocycles. The van der Waals surface area contributed by atoms with Gasteiger partial charge in [0.05, 0.1) is 5.54 Å². The molecule has 0 amide bonds. The Morgan fingerprint density at radius 1 is 1.50 bits per heavy atom. The van der Waals surface area contributed by atoms with Crippen molar-refractivity contribution < 1.29 is 0 Å². The average Bonchev–Trinajstić information content (AvgIpc) is 2.11. The lowest BCUT2D eigenvalue weighted by Gasteiger charge is -2.18. The molecule has 0 N–H and O–H groups in total. The summed E-state index contributed by atoms with van der Waals surface area (Å²) >= 11 is 0. The lowest BCUT2D eigenvalue weighted by molar-refractivity contribution is 0.356. The van der Waals surface area contributed by atoms with Crippen LogP contribution < -0.4 is 5.46 Å². The van der Waals surface area contributed by atoms with Crippen molar-refractivity contribution in [1.82, 2.24) is 9.78 Å². The van der Waals surface area contributed by atoms with Crippen LogP contribution in [0, 0.1) is 0 Å². The van der Waals surface area contributed by atoms with Gasteiger partial charge in [-0.25, -0.2) is 0 Å². The van der Waals surface area contributed by atoms with Gasteiger partial charge in [-0.3, -0.25) is 4.68 Å². The van der Waals surface area contributed by atoms with E-state index in [1.807, 2.05) is 10.9 Å². The third kappa shape index (κ3) is 1.41. The second-order valence-electron chi connectivity index (χ2n) is 3.39. The Morgan fingerprint density at radius 3 is 2.30 bits per heavy atom. The van der Waals surface area contributed by atoms with E-state index in [0.29, 0.717) is 0 Å². The van der Waals surface area contributed by atoms with Crippen LogP contribution in [0.2, 0.25) is 0 Å². The topological polar surface area (TPSA) is 17.8 Å². The van der Waals surface area contributed by atoms with Gasteiger partial charge in [0.25, 0.3) is 0 Å². The third-order valence-corrected chi connectivity index (χ3v) is 1.29. The molecule has 0 saturated carbocycles. The van der Waals surface area contributed by atoms with E-state index < -0.39 is 0 Å². The molecule has 1 rings (SSSR count). The SMILES string of the molecule is [B]c1cnn(C(C)(C)C)c1. The van der Waals surface area contributed by atoms with Gasteiger partial charge in [-0.1, -0.05) is 5.46 Å². The lowest BCUT2D eigenvalue weighted by Crippen LogP contribution is -2.22. The zero-order chi connectivity index (χ0) is 7.78. The third-order valence-electron chi connectivity index (χ3n) is 1.29. The molecule has 0 aliphatic carbocycles. The van der Waals surface area contributed by atoms with Gasteiger partial charge in [0.2, 0.25) is 0 Å². The monoisotopic (exact) mass is 134 g/mol. The molecule has 0 spiro atoms. The van der Waals surface area contributed by atoms with Gasteiger partial charge in [0.15, 0.2) is 0 Å². The lowest BCUT2D eigenvalue weighted by atomic mass is 10.0. The Morgan fingerprint density at radius 2 is 2.10 bits per heavy atom. The summed E-state index contributed by atoms with van der Waals surface area (Å²) in [7, 11) is 5.49. The molecule has 0 fully saturated rings. The Kier molecular flexibility index (Phi) is 1.59. The molecular formula is C7H11BN2. The second-order valence-corrected chi connectivity index (χ2v) is 3.39. The van der Waals surface area contributed by atoms with Crippen molar-refractivity contribution >= 4 is 13.3 Å². The van der Waals surface area contributed by atoms with E-state index >= 15 is 0 Å². The van der Waals surface area contributed by atoms with Gasteiger partial charge in [-0.15, -0.1) is 0 Å². The van der Waals surface area contributed by atoms with Gasteiger partial charge in [0.1, 0.15) is 7.85 Å². The quantitative estimate of drug-likeness (QED) is 0.470. The van der Waals surface area contributed by atoms with E-state index in [4.69, 9.17) is 7.85 Å². The summed E-state index contributed by atoms with van der Waals surface area (Å²) in [4.78, 5) is 0. The highest BCUT2D eigenvalue weighted by Gasteiger charge is 2.12. The van der Waals surface area contributed by atoms with Crippen molar-refractivity contribution in [2.75, 3.05) is 0 Å². The number of nitrogens with zero attached hydrogens (tertiary/aromatic N) is 2. The van der Waals surface area contributed by atoms with Crippen LogP contribution in [0.1, 0.15) is 20.8 Å². The van der Waals surface area contributed by atoms with Crippen LogP contribution in [-0.2, 0) is 5.54 Å². The molecule has 0 aliphatic rings. The van der Waals surface area contributed by atoms with Crippen molar-refractivity contribution in [3.05, 3.63) is 12.4 Å². The molecule has 2 nitrogen and oxygen atoms in total. The molecule has 0 unspecified atom stereocenters. The summed E-state index contributed by atoms with van der Waals surface area (Å²) in [6, 6.07) is 0. The van der Waals surface area contributed by atoms with Crippen LogP contribution in [0.25, 0.3) is 0 Å². The standard InChI is InChI=1S/C7H11BN2/c1-7(2,3)10-5-6(8)4-9-10/h4-5H,1-3H3. The molecule has 1 aromatic heterocycles. The molecule has 0 atom stereocenters. The molecule has 3 heteroatoms. The predicted octanol–water partition coefficient (Wildman–Crippen LogP) is 0.432.